The Morgan fingerprint density at radius 1 is 1.40 bits per heavy atom. The van der Waals surface area contributed by atoms with Crippen LogP contribution in [-0.2, 0) is 0 Å². The van der Waals surface area contributed by atoms with Gasteiger partial charge in [-0.3, -0.25) is 5.84 Å². The van der Waals surface area contributed by atoms with Gasteiger partial charge in [0.2, 0.25) is 0 Å². The van der Waals surface area contributed by atoms with Gasteiger partial charge in [0.15, 0.2) is 0 Å². The summed E-state index contributed by atoms with van der Waals surface area (Å²) in [5, 5.41) is 5.47. The molecule has 2 rings (SSSR count). The zero-order valence-electron chi connectivity index (χ0n) is 6.27. The summed E-state index contributed by atoms with van der Waals surface area (Å²) in [6, 6.07) is 0. The van der Waals surface area contributed by atoms with Gasteiger partial charge in [0.05, 0.1) is 0 Å². The van der Waals surface area contributed by atoms with Crippen molar-refractivity contribution in [3.8, 4) is 0 Å². The Balaban J connectivity index is 2.03. The number of nitrogens with two attached hydrogens (primary N) is 1. The SMILES string of the molecule is NN1CCC2(CCCN2)C1. The van der Waals surface area contributed by atoms with Crippen LogP contribution in [0.2, 0.25) is 0 Å². The van der Waals surface area contributed by atoms with Crippen molar-refractivity contribution in [3.05, 3.63) is 0 Å². The molecule has 58 valence electrons. The third-order valence-corrected chi connectivity index (χ3v) is 2.72. The molecule has 1 atom stereocenters. The number of rotatable bonds is 0. The number of nitrogens with one attached hydrogen (secondary N) is 1. The average Bonchev–Trinajstić information content (AvgIpc) is 2.46. The van der Waals surface area contributed by atoms with Gasteiger partial charge in [-0.2, -0.15) is 0 Å². The summed E-state index contributed by atoms with van der Waals surface area (Å²) >= 11 is 0. The van der Waals surface area contributed by atoms with Crippen molar-refractivity contribution in [2.75, 3.05) is 19.6 Å². The van der Waals surface area contributed by atoms with Crippen LogP contribution in [0.4, 0.5) is 0 Å². The Bertz CT molecular complexity index is 129. The zero-order valence-corrected chi connectivity index (χ0v) is 6.27. The lowest BCUT2D eigenvalue weighted by Gasteiger charge is -2.22. The van der Waals surface area contributed by atoms with Gasteiger partial charge in [0.25, 0.3) is 0 Å². The van der Waals surface area contributed by atoms with Crippen molar-refractivity contribution in [3.63, 3.8) is 0 Å². The van der Waals surface area contributed by atoms with E-state index in [0.717, 1.165) is 13.1 Å². The second-order valence-corrected chi connectivity index (χ2v) is 3.53. The molecule has 3 N–H and O–H groups in total. The largest absolute Gasteiger partial charge is 0.310 e. The van der Waals surface area contributed by atoms with Gasteiger partial charge in [-0.25, -0.2) is 5.01 Å². The fourth-order valence-electron chi connectivity index (χ4n) is 2.12. The highest BCUT2D eigenvalue weighted by Gasteiger charge is 2.38. The highest BCUT2D eigenvalue weighted by Crippen LogP contribution is 2.27. The fraction of sp³-hybridized carbons (Fsp3) is 1.00. The topological polar surface area (TPSA) is 41.3 Å². The number of nitrogens with zero attached hydrogens (tertiary/aromatic N) is 1. The first-order valence-corrected chi connectivity index (χ1v) is 4.05. The van der Waals surface area contributed by atoms with Gasteiger partial charge < -0.3 is 5.32 Å². The van der Waals surface area contributed by atoms with E-state index in [9.17, 15) is 0 Å². The maximum atomic E-state index is 5.68. The van der Waals surface area contributed by atoms with E-state index in [1.54, 1.807) is 0 Å². The van der Waals surface area contributed by atoms with E-state index >= 15 is 0 Å². The number of hydrogen-bond acceptors (Lipinski definition) is 3. The van der Waals surface area contributed by atoms with Crippen molar-refractivity contribution >= 4 is 0 Å². The minimum absolute atomic E-state index is 0.411. The van der Waals surface area contributed by atoms with E-state index in [0.29, 0.717) is 5.54 Å². The molecule has 10 heavy (non-hydrogen) atoms. The molecule has 1 unspecified atom stereocenters. The second kappa shape index (κ2) is 2.19. The summed E-state index contributed by atoms with van der Waals surface area (Å²) in [6.45, 7) is 3.30. The van der Waals surface area contributed by atoms with E-state index in [-0.39, 0.29) is 0 Å². The van der Waals surface area contributed by atoms with Crippen LogP contribution in [0.25, 0.3) is 0 Å². The molecule has 0 aromatic rings. The van der Waals surface area contributed by atoms with Gasteiger partial charge in [0, 0.05) is 18.6 Å². The lowest BCUT2D eigenvalue weighted by Crippen LogP contribution is -2.43. The van der Waals surface area contributed by atoms with Crippen molar-refractivity contribution in [1.29, 1.82) is 0 Å². The molecule has 0 aliphatic carbocycles. The van der Waals surface area contributed by atoms with Crippen molar-refractivity contribution in [2.24, 2.45) is 5.84 Å². The van der Waals surface area contributed by atoms with Gasteiger partial charge in [-0.15, -0.1) is 0 Å². The number of hydrazine groups is 1. The van der Waals surface area contributed by atoms with Crippen LogP contribution >= 0.6 is 0 Å². The monoisotopic (exact) mass is 141 g/mol. The van der Waals surface area contributed by atoms with Crippen molar-refractivity contribution in [1.82, 2.24) is 10.3 Å². The van der Waals surface area contributed by atoms with E-state index in [1.165, 1.54) is 25.8 Å². The predicted molar refractivity (Wildman–Crippen MR) is 40.3 cm³/mol. The molecule has 2 aliphatic heterocycles. The summed E-state index contributed by atoms with van der Waals surface area (Å²) in [4.78, 5) is 0. The maximum Gasteiger partial charge on any atom is 0.0335 e. The molecule has 2 fully saturated rings. The van der Waals surface area contributed by atoms with Crippen LogP contribution in [0.1, 0.15) is 19.3 Å². The summed E-state index contributed by atoms with van der Waals surface area (Å²) in [7, 11) is 0. The molecule has 0 radical (unpaired) electrons. The van der Waals surface area contributed by atoms with Crippen LogP contribution in [0.3, 0.4) is 0 Å². The lowest BCUT2D eigenvalue weighted by molar-refractivity contribution is 0.307. The maximum absolute atomic E-state index is 5.68. The molecule has 2 saturated heterocycles. The normalized spacial score (nSPS) is 41.7. The summed E-state index contributed by atoms with van der Waals surface area (Å²) in [5.41, 5.74) is 0.411. The quantitative estimate of drug-likeness (QED) is 0.455. The first-order valence-electron chi connectivity index (χ1n) is 4.05. The molecule has 0 saturated carbocycles. The van der Waals surface area contributed by atoms with Crippen LogP contribution in [0.5, 0.6) is 0 Å². The van der Waals surface area contributed by atoms with E-state index in [1.807, 2.05) is 5.01 Å². The Hall–Kier alpha value is -0.120. The van der Waals surface area contributed by atoms with Crippen molar-refractivity contribution < 1.29 is 0 Å². The Kier molecular flexibility index (Phi) is 1.44. The smallest absolute Gasteiger partial charge is 0.0335 e. The lowest BCUT2D eigenvalue weighted by atomic mass is 9.97. The van der Waals surface area contributed by atoms with E-state index in [2.05, 4.69) is 5.32 Å². The predicted octanol–water partition coefficient (Wildman–Crippen LogP) is -0.312. The van der Waals surface area contributed by atoms with Gasteiger partial charge >= 0.3 is 0 Å². The molecular formula is C7H15N3. The van der Waals surface area contributed by atoms with Gasteiger partial charge in [-0.1, -0.05) is 0 Å². The first kappa shape index (κ1) is 6.58. The molecule has 0 aromatic carbocycles. The summed E-state index contributed by atoms with van der Waals surface area (Å²) in [6.07, 6.45) is 3.89. The fourth-order valence-corrected chi connectivity index (χ4v) is 2.12. The molecular weight excluding hydrogens is 126 g/mol. The first-order chi connectivity index (χ1) is 4.81. The molecule has 3 heteroatoms. The van der Waals surface area contributed by atoms with Gasteiger partial charge in [0.1, 0.15) is 0 Å². The van der Waals surface area contributed by atoms with E-state index in [4.69, 9.17) is 5.84 Å². The van der Waals surface area contributed by atoms with E-state index < -0.39 is 0 Å². The Morgan fingerprint density at radius 3 is 2.80 bits per heavy atom. The third-order valence-electron chi connectivity index (χ3n) is 2.72. The summed E-state index contributed by atoms with van der Waals surface area (Å²) in [5.74, 6) is 5.68. The zero-order chi connectivity index (χ0) is 7.03. The molecule has 2 heterocycles. The van der Waals surface area contributed by atoms with Crippen LogP contribution in [-0.4, -0.2) is 30.2 Å². The molecule has 0 aromatic heterocycles. The summed E-state index contributed by atoms with van der Waals surface area (Å²) < 4.78 is 0. The van der Waals surface area contributed by atoms with Crippen LogP contribution in [0, 0.1) is 0 Å². The number of hydrogen-bond donors (Lipinski definition) is 2. The molecule has 0 amide bonds. The van der Waals surface area contributed by atoms with Gasteiger partial charge in [-0.05, 0) is 25.8 Å². The van der Waals surface area contributed by atoms with Crippen LogP contribution in [0.15, 0.2) is 0 Å². The molecule has 2 aliphatic rings. The van der Waals surface area contributed by atoms with Crippen LogP contribution < -0.4 is 11.2 Å². The highest BCUT2D eigenvalue weighted by atomic mass is 15.4. The standard InChI is InChI=1S/C7H15N3/c8-10-5-3-7(6-10)2-1-4-9-7/h9H,1-6,8H2. The molecule has 1 spiro atoms. The molecule has 0 bridgehead atoms. The third kappa shape index (κ3) is 0.944. The highest BCUT2D eigenvalue weighted by molar-refractivity contribution is 4.99. The minimum atomic E-state index is 0.411. The average molecular weight is 141 g/mol. The second-order valence-electron chi connectivity index (χ2n) is 3.53. The Labute approximate surface area is 61.5 Å². The molecule has 3 nitrogen and oxygen atoms in total. The Morgan fingerprint density at radius 2 is 2.30 bits per heavy atom. The van der Waals surface area contributed by atoms with Crippen molar-refractivity contribution in [2.45, 2.75) is 24.8 Å². The minimum Gasteiger partial charge on any atom is -0.310 e.